The Morgan fingerprint density at radius 3 is 2.40 bits per heavy atom. The number of anilines is 1. The smallest absolute Gasteiger partial charge is 0.334 e. The number of likely N-dealkylation sites (tertiary alicyclic amines) is 1. The first-order chi connectivity index (χ1) is 14.5. The van der Waals surface area contributed by atoms with Crippen LogP contribution in [-0.4, -0.2) is 48.2 Å². The lowest BCUT2D eigenvalue weighted by Crippen LogP contribution is -2.38. The molecule has 2 aromatic rings. The minimum atomic E-state index is -0.366. The summed E-state index contributed by atoms with van der Waals surface area (Å²) >= 11 is 0. The molecule has 2 aliphatic heterocycles. The van der Waals surface area contributed by atoms with Crippen molar-refractivity contribution in [3.8, 4) is 5.75 Å². The average Bonchev–Trinajstić information content (AvgIpc) is 3.46. The average molecular weight is 406 g/mol. The zero-order valence-corrected chi connectivity index (χ0v) is 16.9. The molecule has 0 aliphatic carbocycles. The number of hydrogen-bond acceptors (Lipinski definition) is 5. The highest BCUT2D eigenvalue weighted by molar-refractivity contribution is 5.97. The lowest BCUT2D eigenvalue weighted by atomic mass is 10.1. The Morgan fingerprint density at radius 1 is 0.967 bits per heavy atom. The normalized spacial score (nSPS) is 18.5. The summed E-state index contributed by atoms with van der Waals surface area (Å²) in [5, 5.41) is 16.0. The first-order valence-corrected chi connectivity index (χ1v) is 10.4. The molecule has 30 heavy (non-hydrogen) atoms. The van der Waals surface area contributed by atoms with Crippen molar-refractivity contribution in [2.45, 2.75) is 31.7 Å². The summed E-state index contributed by atoms with van der Waals surface area (Å²) in [4.78, 5) is 17.0. The van der Waals surface area contributed by atoms with Crippen molar-refractivity contribution in [3.05, 3.63) is 59.7 Å². The Balaban J connectivity index is 1.43. The third-order valence-electron chi connectivity index (χ3n) is 5.78. The lowest BCUT2D eigenvalue weighted by Gasteiger charge is -2.25. The summed E-state index contributed by atoms with van der Waals surface area (Å²) in [5.41, 5.74) is 7.95. The van der Waals surface area contributed by atoms with Crippen LogP contribution in [0.1, 0.15) is 36.8 Å². The second-order valence-corrected chi connectivity index (χ2v) is 7.80. The number of carbonyl (C=O) groups is 1. The van der Waals surface area contributed by atoms with E-state index in [1.54, 1.807) is 18.2 Å². The Bertz CT molecular complexity index is 950. The molecule has 0 aromatic heterocycles. The van der Waals surface area contributed by atoms with Gasteiger partial charge in [-0.3, -0.25) is 10.8 Å². The summed E-state index contributed by atoms with van der Waals surface area (Å²) in [5.74, 6) is 0.734. The summed E-state index contributed by atoms with van der Waals surface area (Å²) in [6.45, 7) is 2.61. The van der Waals surface area contributed by atoms with Gasteiger partial charge in [0.05, 0.1) is 0 Å². The molecule has 7 heteroatoms. The van der Waals surface area contributed by atoms with E-state index in [1.165, 1.54) is 0 Å². The number of nitrogens with zero attached hydrogens (tertiary/aromatic N) is 2. The molecular formula is C23H27N5O2. The van der Waals surface area contributed by atoms with Gasteiger partial charge in [-0.2, -0.15) is 0 Å². The van der Waals surface area contributed by atoms with Gasteiger partial charge < -0.3 is 20.3 Å². The molecule has 4 rings (SSSR count). The van der Waals surface area contributed by atoms with Gasteiger partial charge in [0.15, 0.2) is 0 Å². The molecule has 0 radical (unpaired) electrons. The van der Waals surface area contributed by atoms with E-state index in [2.05, 4.69) is 4.90 Å². The molecule has 156 valence electrons. The number of amidine groups is 2. The summed E-state index contributed by atoms with van der Waals surface area (Å²) < 4.78 is 5.66. The predicted molar refractivity (Wildman–Crippen MR) is 118 cm³/mol. The monoisotopic (exact) mass is 405 g/mol. The van der Waals surface area contributed by atoms with Gasteiger partial charge in [0.1, 0.15) is 23.5 Å². The second kappa shape index (κ2) is 8.57. The molecule has 2 aromatic carbocycles. The molecule has 0 saturated carbocycles. The fourth-order valence-corrected chi connectivity index (χ4v) is 4.16. The molecule has 4 N–H and O–H groups in total. The molecule has 0 spiro atoms. The number of nitrogens with two attached hydrogens (primary N) is 1. The first-order valence-electron chi connectivity index (χ1n) is 10.4. The molecule has 7 nitrogen and oxygen atoms in total. The molecular weight excluding hydrogens is 378 g/mol. The molecule has 2 aliphatic rings. The standard InChI is InChI=1S/C23H27N5O2/c24-21(25)17-5-3-6-18(15-17)28-14-4-7-20(28)23(29)30-19-10-8-16(9-11-19)22(26)27-12-1-2-13-27/h3,5-6,8-11,15,20,26H,1-2,4,7,12-14H2,(H3,24,25)/t20-/m1/s1. The van der Waals surface area contributed by atoms with E-state index in [0.717, 1.165) is 56.6 Å². The maximum Gasteiger partial charge on any atom is 0.334 e. The van der Waals surface area contributed by atoms with Crippen LogP contribution in [0.25, 0.3) is 0 Å². The third kappa shape index (κ3) is 4.15. The minimum absolute atomic E-state index is 0.00904. The van der Waals surface area contributed by atoms with E-state index < -0.39 is 0 Å². The van der Waals surface area contributed by atoms with Gasteiger partial charge in [0.25, 0.3) is 0 Å². The van der Waals surface area contributed by atoms with Crippen LogP contribution in [0, 0.1) is 10.8 Å². The number of rotatable bonds is 5. The fourth-order valence-electron chi connectivity index (χ4n) is 4.16. The zero-order valence-electron chi connectivity index (χ0n) is 16.9. The maximum atomic E-state index is 12.9. The molecule has 0 bridgehead atoms. The molecule has 1 atom stereocenters. The number of benzene rings is 2. The van der Waals surface area contributed by atoms with E-state index in [4.69, 9.17) is 21.3 Å². The number of ether oxygens (including phenoxy) is 1. The van der Waals surface area contributed by atoms with Crippen molar-refractivity contribution in [3.63, 3.8) is 0 Å². The van der Waals surface area contributed by atoms with Crippen molar-refractivity contribution in [1.82, 2.24) is 4.90 Å². The number of carbonyl (C=O) groups excluding carboxylic acids is 1. The quantitative estimate of drug-likeness (QED) is 0.307. The van der Waals surface area contributed by atoms with E-state index in [0.29, 0.717) is 17.1 Å². The van der Waals surface area contributed by atoms with E-state index in [1.807, 2.05) is 35.2 Å². The predicted octanol–water partition coefficient (Wildman–Crippen LogP) is 2.97. The maximum absolute atomic E-state index is 12.9. The van der Waals surface area contributed by atoms with Gasteiger partial charge in [-0.25, -0.2) is 4.79 Å². The van der Waals surface area contributed by atoms with Gasteiger partial charge in [0, 0.05) is 36.4 Å². The molecule has 2 saturated heterocycles. The number of nitrogens with one attached hydrogen (secondary N) is 2. The second-order valence-electron chi connectivity index (χ2n) is 7.80. The largest absolute Gasteiger partial charge is 0.425 e. The van der Waals surface area contributed by atoms with Crippen LogP contribution < -0.4 is 15.4 Å². The lowest BCUT2D eigenvalue weighted by molar-refractivity contribution is -0.135. The van der Waals surface area contributed by atoms with Gasteiger partial charge in [0.2, 0.25) is 0 Å². The topological polar surface area (TPSA) is 107 Å². The SMILES string of the molecule is N=C(N)c1cccc(N2CCC[C@@H]2C(=O)Oc2ccc(C(=N)N3CCCC3)cc2)c1. The minimum Gasteiger partial charge on any atom is -0.425 e. The van der Waals surface area contributed by atoms with E-state index >= 15 is 0 Å². The van der Waals surface area contributed by atoms with Gasteiger partial charge >= 0.3 is 5.97 Å². The van der Waals surface area contributed by atoms with Crippen LogP contribution in [0.4, 0.5) is 5.69 Å². The van der Waals surface area contributed by atoms with Crippen molar-refractivity contribution >= 4 is 23.3 Å². The van der Waals surface area contributed by atoms with Gasteiger partial charge in [-0.05, 0) is 62.1 Å². The van der Waals surface area contributed by atoms with E-state index in [9.17, 15) is 4.79 Å². The van der Waals surface area contributed by atoms with Gasteiger partial charge in [-0.1, -0.05) is 12.1 Å². The highest BCUT2D eigenvalue weighted by Gasteiger charge is 2.32. The first kappa shape index (κ1) is 19.9. The zero-order chi connectivity index (χ0) is 21.1. The van der Waals surface area contributed by atoms with Gasteiger partial charge in [-0.15, -0.1) is 0 Å². The number of nitrogen functional groups attached to an aromatic ring is 1. The molecule has 2 fully saturated rings. The van der Waals surface area contributed by atoms with Crippen molar-refractivity contribution in [1.29, 1.82) is 10.8 Å². The van der Waals surface area contributed by atoms with E-state index in [-0.39, 0.29) is 17.8 Å². The van der Waals surface area contributed by atoms with Crippen LogP contribution in [-0.2, 0) is 4.79 Å². The molecule has 2 heterocycles. The molecule has 0 unspecified atom stereocenters. The highest BCUT2D eigenvalue weighted by atomic mass is 16.5. The van der Waals surface area contributed by atoms with Crippen LogP contribution in [0.2, 0.25) is 0 Å². The highest BCUT2D eigenvalue weighted by Crippen LogP contribution is 2.28. The van der Waals surface area contributed by atoms with Crippen LogP contribution in [0.5, 0.6) is 5.75 Å². The fraction of sp³-hybridized carbons (Fsp3) is 0.348. The Kier molecular flexibility index (Phi) is 5.70. The Labute approximate surface area is 176 Å². The van der Waals surface area contributed by atoms with Crippen molar-refractivity contribution in [2.24, 2.45) is 5.73 Å². The van der Waals surface area contributed by atoms with Crippen molar-refractivity contribution in [2.75, 3.05) is 24.5 Å². The number of esters is 1. The summed E-state index contributed by atoms with van der Waals surface area (Å²) in [6, 6.07) is 14.2. The Morgan fingerprint density at radius 2 is 1.70 bits per heavy atom. The van der Waals surface area contributed by atoms with Crippen molar-refractivity contribution < 1.29 is 9.53 Å². The third-order valence-corrected chi connectivity index (χ3v) is 5.78. The molecule has 0 amide bonds. The summed E-state index contributed by atoms with van der Waals surface area (Å²) in [6.07, 6.45) is 3.88. The van der Waals surface area contributed by atoms with Crippen LogP contribution >= 0.6 is 0 Å². The van der Waals surface area contributed by atoms with Crippen LogP contribution in [0.15, 0.2) is 48.5 Å². The van der Waals surface area contributed by atoms with Crippen LogP contribution in [0.3, 0.4) is 0 Å². The summed E-state index contributed by atoms with van der Waals surface area (Å²) in [7, 11) is 0. The number of hydrogen-bond donors (Lipinski definition) is 3. The Hall–Kier alpha value is -3.35.